The first-order chi connectivity index (χ1) is 23.6. The Balaban J connectivity index is 1.68. The molecule has 1 aromatic heterocycles. The van der Waals surface area contributed by atoms with Crippen LogP contribution < -0.4 is 14.2 Å². The molecule has 1 aliphatic rings. The molecule has 1 aliphatic heterocycles. The maximum atomic E-state index is 14.4. The number of fused-ring (bicyclic) bond motifs is 1. The number of hydrogen-bond donors (Lipinski definition) is 2. The van der Waals surface area contributed by atoms with Gasteiger partial charge in [-0.3, -0.25) is 9.52 Å². The molecule has 14 nitrogen and oxygen atoms in total. The van der Waals surface area contributed by atoms with Gasteiger partial charge >= 0.3 is 0 Å². The average molecular weight is 737 g/mol. The van der Waals surface area contributed by atoms with Crippen molar-refractivity contribution in [1.29, 1.82) is 0 Å². The summed E-state index contributed by atoms with van der Waals surface area (Å²) in [6.07, 6.45) is 1.14. The fraction of sp³-hybridized carbons (Fsp3) is 0.529. The lowest BCUT2D eigenvalue weighted by atomic mass is 10.0. The second-order valence-corrected chi connectivity index (χ2v) is 16.4. The molecule has 1 amide bonds. The summed E-state index contributed by atoms with van der Waals surface area (Å²) in [5.41, 5.74) is 0.498. The monoisotopic (exact) mass is 736 g/mol. The highest BCUT2D eigenvalue weighted by Gasteiger charge is 2.34. The van der Waals surface area contributed by atoms with E-state index in [2.05, 4.69) is 9.88 Å². The van der Waals surface area contributed by atoms with Gasteiger partial charge in [0.1, 0.15) is 22.1 Å². The van der Waals surface area contributed by atoms with Crippen LogP contribution in [0.15, 0.2) is 56.8 Å². The number of hydrogen-bond acceptors (Lipinski definition) is 11. The fourth-order valence-corrected chi connectivity index (χ4v) is 8.28. The number of aryl methyl sites for hydroxylation is 2. The van der Waals surface area contributed by atoms with Gasteiger partial charge in [0.05, 0.1) is 42.4 Å². The SMILES string of the molecule is COc1ccc(S(=O)(=O)Nc2ccc3c(c2)C(=O)N([C@@H](C)CO)C[C@@H](C)[C@H](CN(C)S(=O)(=O)c2c(C)noc2C)OCCCC[C@H](C)O3)cc1. The molecule has 2 aromatic carbocycles. The Labute approximate surface area is 294 Å². The number of benzene rings is 2. The Morgan fingerprint density at radius 1 is 1.10 bits per heavy atom. The Bertz CT molecular complexity index is 1810. The molecule has 0 aliphatic carbocycles. The van der Waals surface area contributed by atoms with Gasteiger partial charge in [-0.1, -0.05) is 12.1 Å². The van der Waals surface area contributed by atoms with E-state index in [0.717, 1.165) is 6.42 Å². The molecule has 3 aromatic rings. The predicted octanol–water partition coefficient (Wildman–Crippen LogP) is 4.22. The number of nitrogens with one attached hydrogen (secondary N) is 1. The van der Waals surface area contributed by atoms with E-state index in [1.165, 1.54) is 59.8 Å². The van der Waals surface area contributed by atoms with Crippen LogP contribution in [-0.4, -0.2) is 101 Å². The molecule has 2 N–H and O–H groups in total. The summed E-state index contributed by atoms with van der Waals surface area (Å²) in [6.45, 7) is 8.61. The molecule has 0 fully saturated rings. The number of aliphatic hydroxyl groups excluding tert-OH is 1. The number of anilines is 1. The highest BCUT2D eigenvalue weighted by Crippen LogP contribution is 2.30. The van der Waals surface area contributed by atoms with Gasteiger partial charge in [-0.05, 0) is 89.4 Å². The number of aromatic nitrogens is 1. The van der Waals surface area contributed by atoms with Crippen molar-refractivity contribution in [2.24, 2.45) is 5.92 Å². The van der Waals surface area contributed by atoms with E-state index >= 15 is 0 Å². The van der Waals surface area contributed by atoms with E-state index in [4.69, 9.17) is 18.7 Å². The number of rotatable bonds is 10. The number of nitrogens with zero attached hydrogens (tertiary/aromatic N) is 3. The first-order valence-electron chi connectivity index (χ1n) is 16.5. The summed E-state index contributed by atoms with van der Waals surface area (Å²) in [6, 6.07) is 9.76. The van der Waals surface area contributed by atoms with Crippen LogP contribution in [0.4, 0.5) is 5.69 Å². The number of ether oxygens (including phenoxy) is 3. The molecule has 0 saturated carbocycles. The number of methoxy groups -OCH3 is 1. The molecule has 0 bridgehead atoms. The first-order valence-corrected chi connectivity index (χ1v) is 19.4. The van der Waals surface area contributed by atoms with Gasteiger partial charge in [0, 0.05) is 38.3 Å². The molecular weight excluding hydrogens is 689 g/mol. The maximum Gasteiger partial charge on any atom is 0.261 e. The van der Waals surface area contributed by atoms with Gasteiger partial charge in [0.25, 0.3) is 15.9 Å². The van der Waals surface area contributed by atoms with Crippen LogP contribution in [0, 0.1) is 19.8 Å². The highest BCUT2D eigenvalue weighted by atomic mass is 32.2. The normalized spacial score (nSPS) is 20.5. The van der Waals surface area contributed by atoms with Crippen LogP contribution in [0.1, 0.15) is 61.8 Å². The van der Waals surface area contributed by atoms with Crippen molar-refractivity contribution >= 4 is 31.6 Å². The van der Waals surface area contributed by atoms with Crippen LogP contribution in [0.5, 0.6) is 11.5 Å². The summed E-state index contributed by atoms with van der Waals surface area (Å²) in [4.78, 5) is 15.9. The van der Waals surface area contributed by atoms with Crippen molar-refractivity contribution in [1.82, 2.24) is 14.4 Å². The van der Waals surface area contributed by atoms with Crippen LogP contribution in [0.25, 0.3) is 0 Å². The Morgan fingerprint density at radius 3 is 2.42 bits per heavy atom. The van der Waals surface area contributed by atoms with Crippen LogP contribution >= 0.6 is 0 Å². The van der Waals surface area contributed by atoms with Crippen LogP contribution in [0.2, 0.25) is 0 Å². The number of likely N-dealkylation sites (N-methyl/N-ethyl adjacent to an activating group) is 1. The lowest BCUT2D eigenvalue weighted by Gasteiger charge is -2.35. The van der Waals surface area contributed by atoms with Crippen LogP contribution in [-0.2, 0) is 24.8 Å². The molecule has 4 rings (SSSR count). The summed E-state index contributed by atoms with van der Waals surface area (Å²) < 4.78 is 80.2. The minimum atomic E-state index is -4.03. The third kappa shape index (κ3) is 9.15. The summed E-state index contributed by atoms with van der Waals surface area (Å²) in [7, 11) is -5.06. The Morgan fingerprint density at radius 2 is 1.80 bits per heavy atom. The molecule has 276 valence electrons. The largest absolute Gasteiger partial charge is 0.497 e. The number of aliphatic hydroxyl groups is 1. The topological polar surface area (TPSA) is 178 Å². The van der Waals surface area contributed by atoms with Crippen molar-refractivity contribution in [3.8, 4) is 11.5 Å². The van der Waals surface area contributed by atoms with Gasteiger partial charge in [0.2, 0.25) is 10.0 Å². The van der Waals surface area contributed by atoms with Crippen LogP contribution in [0.3, 0.4) is 0 Å². The van der Waals surface area contributed by atoms with Gasteiger partial charge in [0.15, 0.2) is 5.76 Å². The fourth-order valence-electron chi connectivity index (χ4n) is 5.77. The zero-order valence-corrected chi connectivity index (χ0v) is 31.2. The number of amides is 1. The molecule has 0 saturated heterocycles. The Kier molecular flexibility index (Phi) is 12.9. The maximum absolute atomic E-state index is 14.4. The van der Waals surface area contributed by atoms with E-state index in [9.17, 15) is 26.7 Å². The average Bonchev–Trinajstić information content (AvgIpc) is 3.43. The van der Waals surface area contributed by atoms with Crippen molar-refractivity contribution in [2.45, 2.75) is 81.9 Å². The molecule has 0 radical (unpaired) electrons. The first kappa shape index (κ1) is 39.1. The van der Waals surface area contributed by atoms with E-state index in [1.807, 2.05) is 13.8 Å². The van der Waals surface area contributed by atoms with E-state index in [0.29, 0.717) is 25.2 Å². The second kappa shape index (κ2) is 16.5. The standard InChI is InChI=1S/C34H48N4O10S2/c1-22-19-38(23(2)21-39)34(40)30-18-27(36-49(41,42)29-14-12-28(45-7)13-15-29)11-16-31(30)47-24(3)10-8-9-17-46-32(22)20-37(6)50(43,44)33-25(4)35-48-26(33)5/h11-16,18,22-24,32,36,39H,8-10,17,19-21H2,1-7H3/t22-,23+,24+,32+/m1/s1. The molecule has 16 heteroatoms. The van der Waals surface area contributed by atoms with Gasteiger partial charge in [-0.15, -0.1) is 0 Å². The molecule has 50 heavy (non-hydrogen) atoms. The van der Waals surface area contributed by atoms with Crippen molar-refractivity contribution < 1.29 is 45.5 Å². The van der Waals surface area contributed by atoms with Crippen molar-refractivity contribution in [3.63, 3.8) is 0 Å². The smallest absolute Gasteiger partial charge is 0.261 e. The molecule has 0 spiro atoms. The lowest BCUT2D eigenvalue weighted by Crippen LogP contribution is -2.48. The Hall–Kier alpha value is -3.70. The zero-order chi connectivity index (χ0) is 36.8. The third-order valence-electron chi connectivity index (χ3n) is 8.75. The van der Waals surface area contributed by atoms with Crippen molar-refractivity contribution in [3.05, 3.63) is 59.5 Å². The molecule has 0 unspecified atom stereocenters. The highest BCUT2D eigenvalue weighted by molar-refractivity contribution is 7.92. The van der Waals surface area contributed by atoms with Gasteiger partial charge in [-0.25, -0.2) is 16.8 Å². The quantitative estimate of drug-likeness (QED) is 0.305. The van der Waals surface area contributed by atoms with E-state index in [-0.39, 0.29) is 64.0 Å². The minimum Gasteiger partial charge on any atom is -0.497 e. The lowest BCUT2D eigenvalue weighted by molar-refractivity contribution is -0.00835. The predicted molar refractivity (Wildman–Crippen MR) is 186 cm³/mol. The van der Waals surface area contributed by atoms with E-state index in [1.54, 1.807) is 26.8 Å². The minimum absolute atomic E-state index is 0.00302. The molecule has 2 heterocycles. The molecule has 4 atom stereocenters. The second-order valence-electron chi connectivity index (χ2n) is 12.7. The third-order valence-corrected chi connectivity index (χ3v) is 12.2. The summed E-state index contributed by atoms with van der Waals surface area (Å²) in [5, 5.41) is 14.0. The number of carbonyl (C=O) groups is 1. The van der Waals surface area contributed by atoms with Gasteiger partial charge in [-0.2, -0.15) is 4.31 Å². The number of carbonyl (C=O) groups excluding carboxylic acids is 1. The zero-order valence-electron chi connectivity index (χ0n) is 29.6. The van der Waals surface area contributed by atoms with E-state index < -0.39 is 44.0 Å². The van der Waals surface area contributed by atoms with Crippen molar-refractivity contribution in [2.75, 3.05) is 45.2 Å². The summed E-state index contributed by atoms with van der Waals surface area (Å²) >= 11 is 0. The molecular formula is C34H48N4O10S2. The van der Waals surface area contributed by atoms with Gasteiger partial charge < -0.3 is 28.7 Å². The summed E-state index contributed by atoms with van der Waals surface area (Å²) in [5.74, 6) is 0.0500. The number of sulfonamides is 2.